The van der Waals surface area contributed by atoms with Crippen LogP contribution in [0.15, 0.2) is 18.2 Å². The summed E-state index contributed by atoms with van der Waals surface area (Å²) in [5.41, 5.74) is 0.372. The van der Waals surface area contributed by atoms with Crippen LogP contribution >= 0.6 is 0 Å². The zero-order valence-corrected chi connectivity index (χ0v) is 11.0. The number of halogens is 2. The molecular formula is C14H21F2NO. The van der Waals surface area contributed by atoms with Gasteiger partial charge < -0.3 is 10.1 Å². The molecule has 0 aromatic heterocycles. The van der Waals surface area contributed by atoms with Crippen LogP contribution in [0.25, 0.3) is 0 Å². The molecule has 1 rings (SSSR count). The molecule has 2 nitrogen and oxygen atoms in total. The molecule has 18 heavy (non-hydrogen) atoms. The van der Waals surface area contributed by atoms with Gasteiger partial charge in [-0.25, -0.2) is 8.78 Å². The van der Waals surface area contributed by atoms with Gasteiger partial charge in [-0.05, 0) is 37.6 Å². The van der Waals surface area contributed by atoms with E-state index in [-0.39, 0.29) is 11.9 Å². The molecule has 4 heteroatoms. The molecule has 0 aliphatic heterocycles. The zero-order valence-electron chi connectivity index (χ0n) is 11.0. The lowest BCUT2D eigenvalue weighted by atomic mass is 10.0. The first-order valence-corrected chi connectivity index (χ1v) is 6.45. The molecule has 1 atom stereocenters. The summed E-state index contributed by atoms with van der Waals surface area (Å²) < 4.78 is 32.2. The Labute approximate surface area is 107 Å². The molecule has 1 aromatic rings. The van der Waals surface area contributed by atoms with E-state index in [0.29, 0.717) is 31.7 Å². The van der Waals surface area contributed by atoms with Crippen molar-refractivity contribution in [2.45, 2.75) is 32.7 Å². The van der Waals surface area contributed by atoms with E-state index >= 15 is 0 Å². The van der Waals surface area contributed by atoms with Crippen molar-refractivity contribution in [3.63, 3.8) is 0 Å². The summed E-state index contributed by atoms with van der Waals surface area (Å²) in [6, 6.07) is 3.35. The highest BCUT2D eigenvalue weighted by molar-refractivity contribution is 5.22. The molecule has 0 radical (unpaired) electrons. The number of nitrogens with one attached hydrogen (secondary N) is 1. The second-order valence-corrected chi connectivity index (χ2v) is 4.18. The van der Waals surface area contributed by atoms with Crippen molar-refractivity contribution in [3.8, 4) is 0 Å². The Hall–Kier alpha value is -1.00. The van der Waals surface area contributed by atoms with Gasteiger partial charge in [0.05, 0.1) is 0 Å². The number of hydrogen-bond donors (Lipinski definition) is 1. The molecule has 0 aliphatic carbocycles. The lowest BCUT2D eigenvalue weighted by Crippen LogP contribution is -2.23. The number of ether oxygens (including phenoxy) is 1. The monoisotopic (exact) mass is 257 g/mol. The van der Waals surface area contributed by atoms with E-state index in [4.69, 9.17) is 4.74 Å². The van der Waals surface area contributed by atoms with Gasteiger partial charge >= 0.3 is 0 Å². The second kappa shape index (κ2) is 8.16. The molecule has 1 aromatic carbocycles. The Morgan fingerprint density at radius 2 is 2.00 bits per heavy atom. The molecule has 0 fully saturated rings. The maximum Gasteiger partial charge on any atom is 0.128 e. The third-order valence-electron chi connectivity index (χ3n) is 2.68. The molecule has 0 saturated heterocycles. The Bertz CT molecular complexity index is 358. The Morgan fingerprint density at radius 3 is 2.67 bits per heavy atom. The van der Waals surface area contributed by atoms with Crippen LogP contribution in [0.2, 0.25) is 0 Å². The van der Waals surface area contributed by atoms with Crippen molar-refractivity contribution >= 4 is 0 Å². The molecule has 0 aliphatic rings. The van der Waals surface area contributed by atoms with Crippen LogP contribution in [-0.4, -0.2) is 19.8 Å². The summed E-state index contributed by atoms with van der Waals surface area (Å²) in [6.45, 7) is 5.92. The predicted molar refractivity (Wildman–Crippen MR) is 68.5 cm³/mol. The first kappa shape index (κ1) is 15.1. The maximum absolute atomic E-state index is 13.7. The van der Waals surface area contributed by atoms with Gasteiger partial charge in [-0.15, -0.1) is 0 Å². The highest BCUT2D eigenvalue weighted by Crippen LogP contribution is 2.21. The fourth-order valence-corrected chi connectivity index (χ4v) is 1.84. The van der Waals surface area contributed by atoms with Crippen molar-refractivity contribution < 1.29 is 13.5 Å². The van der Waals surface area contributed by atoms with Crippen LogP contribution in [0.4, 0.5) is 8.78 Å². The molecule has 0 saturated carbocycles. The fourth-order valence-electron chi connectivity index (χ4n) is 1.84. The molecular weight excluding hydrogens is 236 g/mol. The van der Waals surface area contributed by atoms with Gasteiger partial charge in [-0.3, -0.25) is 0 Å². The minimum absolute atomic E-state index is 0.206. The third-order valence-corrected chi connectivity index (χ3v) is 2.68. The molecule has 102 valence electrons. The minimum Gasteiger partial charge on any atom is -0.381 e. The summed E-state index contributed by atoms with van der Waals surface area (Å²) in [7, 11) is 0. The van der Waals surface area contributed by atoms with Crippen molar-refractivity contribution in [2.75, 3.05) is 19.8 Å². The van der Waals surface area contributed by atoms with Gasteiger partial charge in [0.2, 0.25) is 0 Å². The summed E-state index contributed by atoms with van der Waals surface area (Å²) in [5.74, 6) is -0.790. The summed E-state index contributed by atoms with van der Waals surface area (Å²) in [6.07, 6.45) is 1.59. The Morgan fingerprint density at radius 1 is 1.22 bits per heavy atom. The lowest BCUT2D eigenvalue weighted by molar-refractivity contribution is 0.124. The first-order valence-electron chi connectivity index (χ1n) is 6.45. The fraction of sp³-hybridized carbons (Fsp3) is 0.571. The van der Waals surface area contributed by atoms with E-state index in [9.17, 15) is 8.78 Å². The molecule has 0 amide bonds. The quantitative estimate of drug-likeness (QED) is 0.720. The van der Waals surface area contributed by atoms with E-state index in [1.165, 1.54) is 12.1 Å². The summed E-state index contributed by atoms with van der Waals surface area (Å²) in [5, 5.41) is 3.16. The van der Waals surface area contributed by atoms with Crippen LogP contribution in [-0.2, 0) is 4.74 Å². The van der Waals surface area contributed by atoms with Crippen molar-refractivity contribution in [1.29, 1.82) is 0 Å². The number of hydrogen-bond acceptors (Lipinski definition) is 2. The largest absolute Gasteiger partial charge is 0.381 e. The van der Waals surface area contributed by atoms with Crippen LogP contribution in [0.5, 0.6) is 0 Å². The average Bonchev–Trinajstić information content (AvgIpc) is 2.36. The van der Waals surface area contributed by atoms with Crippen molar-refractivity contribution in [2.24, 2.45) is 0 Å². The molecule has 0 spiro atoms. The standard InChI is InChI=1S/C14H21F2NO/c1-3-8-18-9-7-14(17-4-2)12-10-11(15)5-6-13(12)16/h5-6,10,14,17H,3-4,7-9H2,1-2H3. The Kier molecular flexibility index (Phi) is 6.83. The highest BCUT2D eigenvalue weighted by Gasteiger charge is 2.15. The second-order valence-electron chi connectivity index (χ2n) is 4.18. The molecule has 0 heterocycles. The van der Waals surface area contributed by atoms with Gasteiger partial charge in [-0.2, -0.15) is 0 Å². The maximum atomic E-state index is 13.7. The number of rotatable bonds is 8. The molecule has 1 N–H and O–H groups in total. The first-order chi connectivity index (χ1) is 8.69. The summed E-state index contributed by atoms with van der Waals surface area (Å²) in [4.78, 5) is 0. The van der Waals surface area contributed by atoms with E-state index in [0.717, 1.165) is 12.5 Å². The number of benzene rings is 1. The van der Waals surface area contributed by atoms with Crippen LogP contribution < -0.4 is 5.32 Å². The van der Waals surface area contributed by atoms with Gasteiger partial charge in [-0.1, -0.05) is 13.8 Å². The SMILES string of the molecule is CCCOCCC(NCC)c1cc(F)ccc1F. The summed E-state index contributed by atoms with van der Waals surface area (Å²) >= 11 is 0. The van der Waals surface area contributed by atoms with E-state index in [1.54, 1.807) is 0 Å². The van der Waals surface area contributed by atoms with Gasteiger partial charge in [0.15, 0.2) is 0 Å². The topological polar surface area (TPSA) is 21.3 Å². The highest BCUT2D eigenvalue weighted by atomic mass is 19.1. The third kappa shape index (κ3) is 4.70. The normalized spacial score (nSPS) is 12.7. The van der Waals surface area contributed by atoms with Crippen LogP contribution in [0.1, 0.15) is 38.3 Å². The van der Waals surface area contributed by atoms with E-state index in [1.807, 2.05) is 13.8 Å². The predicted octanol–water partition coefficient (Wildman–Crippen LogP) is 3.43. The van der Waals surface area contributed by atoms with Crippen LogP contribution in [0.3, 0.4) is 0 Å². The molecule has 0 bridgehead atoms. The minimum atomic E-state index is -0.413. The van der Waals surface area contributed by atoms with Crippen molar-refractivity contribution in [3.05, 3.63) is 35.4 Å². The van der Waals surface area contributed by atoms with Gasteiger partial charge in [0.1, 0.15) is 11.6 Å². The molecule has 1 unspecified atom stereocenters. The average molecular weight is 257 g/mol. The van der Waals surface area contributed by atoms with E-state index < -0.39 is 5.82 Å². The lowest BCUT2D eigenvalue weighted by Gasteiger charge is -2.19. The smallest absolute Gasteiger partial charge is 0.128 e. The van der Waals surface area contributed by atoms with Gasteiger partial charge in [0.25, 0.3) is 0 Å². The van der Waals surface area contributed by atoms with Gasteiger partial charge in [0, 0.05) is 24.8 Å². The van der Waals surface area contributed by atoms with Crippen LogP contribution in [0, 0.1) is 11.6 Å². The Balaban J connectivity index is 2.67. The van der Waals surface area contributed by atoms with Crippen molar-refractivity contribution in [1.82, 2.24) is 5.32 Å². The zero-order chi connectivity index (χ0) is 13.4. The van der Waals surface area contributed by atoms with E-state index in [2.05, 4.69) is 5.32 Å².